The van der Waals surface area contributed by atoms with Gasteiger partial charge < -0.3 is 24.9 Å². The summed E-state index contributed by atoms with van der Waals surface area (Å²) in [5.41, 5.74) is 9.50. The van der Waals surface area contributed by atoms with E-state index >= 15 is 0 Å². The highest BCUT2D eigenvalue weighted by molar-refractivity contribution is 7.65. The summed E-state index contributed by atoms with van der Waals surface area (Å²) in [5, 5.41) is 6.57. The maximum absolute atomic E-state index is 12.4. The molecule has 2 aliphatic rings. The van der Waals surface area contributed by atoms with Crippen molar-refractivity contribution in [3.8, 4) is 22.3 Å². The average Bonchev–Trinajstić information content (AvgIpc) is 3.14. The molecule has 0 saturated heterocycles. The molecule has 8 N–H and O–H groups in total. The number of nitrogens with one attached hydrogen (secondary N) is 3. The maximum Gasteiger partial charge on any atom is 0.529 e. The Balaban J connectivity index is 1.21. The Morgan fingerprint density at radius 3 is 2.29 bits per heavy atom. The standard InChI is InChI=1S/C38H32N3O7P3/c42-34-20-29-19-27(15-16-31(29)38(40-34)51(47)48)30-13-6-14-32-33(30)21-35(49(43)44)41-36(32)28-12-5-11-26(18-28)25-10-4-7-23(17-25)22-39-37(50(45)46)24-8-2-1-3-9-24/h1-19,21,36-37,39,43-44,47-48H,20,22H2,(H-,40,41,42,45,46)/p+2. The molecule has 51 heavy (non-hydrogen) atoms. The number of hydrogen-bond donors (Lipinski definition) is 8. The van der Waals surface area contributed by atoms with Crippen molar-refractivity contribution in [3.05, 3.63) is 160 Å². The van der Waals surface area contributed by atoms with Crippen molar-refractivity contribution in [3.63, 3.8) is 0 Å². The molecule has 256 valence electrons. The normalized spacial score (nSPS) is 16.2. The number of fused-ring (bicyclic) bond motifs is 2. The molecule has 0 spiro atoms. The van der Waals surface area contributed by atoms with E-state index in [1.165, 1.54) is 0 Å². The van der Waals surface area contributed by atoms with Gasteiger partial charge in [0.2, 0.25) is 8.38 Å². The average molecular weight is 738 g/mol. The number of hydrogen-bond acceptors (Lipinski definition) is 8. The van der Waals surface area contributed by atoms with E-state index in [9.17, 15) is 33.8 Å². The van der Waals surface area contributed by atoms with Crippen LogP contribution in [0.1, 0.15) is 50.8 Å². The lowest BCUT2D eigenvalue weighted by Gasteiger charge is -2.30. The van der Waals surface area contributed by atoms with E-state index in [1.54, 1.807) is 12.1 Å². The van der Waals surface area contributed by atoms with Crippen LogP contribution in [0.25, 0.3) is 28.3 Å². The molecule has 10 nitrogen and oxygen atoms in total. The number of carbonyl (C=O) groups is 1. The SMILES string of the molecule is O=C1Cc2cc(-c3cccc4c3C=C(P(O)O)NC4c3cccc(-c4cccc(CNC(c5ccccc5)[P+](=O)O)c4)c3)ccc2C(P(O)O)=[NH+]1. The third-order valence-electron chi connectivity index (χ3n) is 9.04. The topological polar surface area (TPSA) is 173 Å². The Hall–Kier alpha value is -4.30. The first-order chi connectivity index (χ1) is 24.7. The zero-order valence-corrected chi connectivity index (χ0v) is 29.7. The van der Waals surface area contributed by atoms with Gasteiger partial charge in [0, 0.05) is 12.1 Å². The number of rotatable bonds is 10. The molecular weight excluding hydrogens is 703 g/mol. The molecule has 1 amide bonds. The van der Waals surface area contributed by atoms with Crippen molar-refractivity contribution in [2.45, 2.75) is 24.8 Å². The van der Waals surface area contributed by atoms with Gasteiger partial charge in [0.25, 0.3) is 19.6 Å². The second-order valence-electron chi connectivity index (χ2n) is 12.3. The van der Waals surface area contributed by atoms with Crippen LogP contribution in [0.4, 0.5) is 0 Å². The fourth-order valence-corrected chi connectivity index (χ4v) is 8.50. The number of carbonyl (C=O) groups excluding carboxylic acids is 1. The van der Waals surface area contributed by atoms with Crippen molar-refractivity contribution in [2.75, 3.05) is 0 Å². The monoisotopic (exact) mass is 737 g/mol. The summed E-state index contributed by atoms with van der Waals surface area (Å²) in [7, 11) is -7.45. The Morgan fingerprint density at radius 1 is 0.804 bits per heavy atom. The van der Waals surface area contributed by atoms with Crippen molar-refractivity contribution in [1.82, 2.24) is 10.6 Å². The third-order valence-corrected chi connectivity index (χ3v) is 11.4. The third kappa shape index (κ3) is 7.52. The van der Waals surface area contributed by atoms with E-state index in [2.05, 4.69) is 21.7 Å². The van der Waals surface area contributed by atoms with Gasteiger partial charge in [0.1, 0.15) is 6.42 Å². The summed E-state index contributed by atoms with van der Waals surface area (Å²) in [4.78, 5) is 65.6. The molecule has 0 aliphatic carbocycles. The fraction of sp³-hybridized carbons (Fsp3) is 0.105. The molecule has 2 aliphatic heterocycles. The largest absolute Gasteiger partial charge is 0.529 e. The molecule has 0 fully saturated rings. The van der Waals surface area contributed by atoms with Gasteiger partial charge in [-0.05, 0) is 85.0 Å². The summed E-state index contributed by atoms with van der Waals surface area (Å²) in [6.45, 7) is 0.383. The summed E-state index contributed by atoms with van der Waals surface area (Å²) in [6.07, 6.45) is 1.84. The summed E-state index contributed by atoms with van der Waals surface area (Å²) >= 11 is 0. The van der Waals surface area contributed by atoms with Crippen LogP contribution in [0.5, 0.6) is 0 Å². The van der Waals surface area contributed by atoms with Gasteiger partial charge in [-0.2, -0.15) is 9.89 Å². The lowest BCUT2D eigenvalue weighted by Crippen LogP contribution is -2.79. The maximum atomic E-state index is 12.4. The second kappa shape index (κ2) is 15.1. The molecule has 3 atom stereocenters. The fourth-order valence-electron chi connectivity index (χ4n) is 6.67. The predicted octanol–water partition coefficient (Wildman–Crippen LogP) is 5.04. The molecule has 0 saturated carbocycles. The Kier molecular flexibility index (Phi) is 10.4. The Labute approximate surface area is 297 Å². The van der Waals surface area contributed by atoms with Crippen molar-refractivity contribution < 1.29 is 38.8 Å². The van der Waals surface area contributed by atoms with Gasteiger partial charge in [-0.15, -0.1) is 0 Å². The van der Waals surface area contributed by atoms with E-state index < -0.39 is 36.6 Å². The lowest BCUT2D eigenvalue weighted by atomic mass is 9.85. The quantitative estimate of drug-likeness (QED) is 0.0915. The highest BCUT2D eigenvalue weighted by Gasteiger charge is 2.33. The minimum atomic E-state index is -2.50. The predicted molar refractivity (Wildman–Crippen MR) is 199 cm³/mol. The molecule has 3 unspecified atom stereocenters. The molecule has 0 bridgehead atoms. The van der Waals surface area contributed by atoms with E-state index in [4.69, 9.17) is 0 Å². The smallest absolute Gasteiger partial charge is 0.370 e. The first kappa shape index (κ1) is 35.1. The van der Waals surface area contributed by atoms with Crippen molar-refractivity contribution in [2.24, 2.45) is 0 Å². The molecule has 5 aromatic carbocycles. The summed E-state index contributed by atoms with van der Waals surface area (Å²) in [6, 6.07) is 36.2. The van der Waals surface area contributed by atoms with Crippen LogP contribution in [0, 0.1) is 0 Å². The first-order valence-corrected chi connectivity index (χ1v) is 19.8. The van der Waals surface area contributed by atoms with Crippen LogP contribution >= 0.6 is 24.8 Å². The van der Waals surface area contributed by atoms with Crippen molar-refractivity contribution in [1.29, 1.82) is 0 Å². The molecule has 0 radical (unpaired) electrons. The zero-order chi connectivity index (χ0) is 35.6. The lowest BCUT2D eigenvalue weighted by molar-refractivity contribution is -0.375. The summed E-state index contributed by atoms with van der Waals surface area (Å²) < 4.78 is 12.2. The highest BCUT2D eigenvalue weighted by atomic mass is 31.2. The molecule has 2 heterocycles. The van der Waals surface area contributed by atoms with Gasteiger partial charge in [-0.25, -0.2) is 4.79 Å². The minimum Gasteiger partial charge on any atom is -0.370 e. The highest BCUT2D eigenvalue weighted by Crippen LogP contribution is 2.45. The van der Waals surface area contributed by atoms with Crippen LogP contribution in [0.15, 0.2) is 121 Å². The van der Waals surface area contributed by atoms with Crippen LogP contribution < -0.4 is 15.6 Å². The van der Waals surface area contributed by atoms with Gasteiger partial charge in [-0.3, -0.25) is 5.32 Å². The van der Waals surface area contributed by atoms with Crippen LogP contribution in [0.3, 0.4) is 0 Å². The first-order valence-electron chi connectivity index (χ1n) is 16.1. The molecule has 0 aromatic heterocycles. The molecule has 7 rings (SSSR count). The van der Waals surface area contributed by atoms with Gasteiger partial charge in [0.05, 0.1) is 17.0 Å². The number of amides is 1. The van der Waals surface area contributed by atoms with Gasteiger partial charge in [-0.1, -0.05) is 91.0 Å². The van der Waals surface area contributed by atoms with E-state index in [0.29, 0.717) is 23.1 Å². The Bertz CT molecular complexity index is 2210. The molecular formula is C38H34N3O7P3+2. The van der Waals surface area contributed by atoms with Crippen LogP contribution in [0.2, 0.25) is 0 Å². The van der Waals surface area contributed by atoms with Crippen LogP contribution in [-0.2, 0) is 22.3 Å². The summed E-state index contributed by atoms with van der Waals surface area (Å²) in [5.74, 6) is -1.02. The van der Waals surface area contributed by atoms with Crippen molar-refractivity contribution >= 4 is 42.2 Å². The molecule has 5 aromatic rings. The van der Waals surface area contributed by atoms with E-state index in [-0.39, 0.29) is 17.8 Å². The van der Waals surface area contributed by atoms with Gasteiger partial charge >= 0.3 is 13.9 Å². The minimum absolute atomic E-state index is 0.0911. The van der Waals surface area contributed by atoms with E-state index in [1.807, 2.05) is 103 Å². The van der Waals surface area contributed by atoms with Crippen LogP contribution in [-0.4, -0.2) is 35.8 Å². The van der Waals surface area contributed by atoms with Gasteiger partial charge in [0.15, 0.2) is 0 Å². The molecule has 13 heteroatoms. The second-order valence-corrected chi connectivity index (χ2v) is 15.5. The zero-order valence-electron chi connectivity index (χ0n) is 27.0. The Morgan fingerprint density at radius 2 is 1.55 bits per heavy atom. The van der Waals surface area contributed by atoms with E-state index in [0.717, 1.165) is 50.1 Å². The number of benzene rings is 5.